The van der Waals surface area contributed by atoms with Crippen LogP contribution >= 0.6 is 0 Å². The first-order valence-electron chi connectivity index (χ1n) is 9.00. The van der Waals surface area contributed by atoms with Gasteiger partial charge in [-0.3, -0.25) is 0 Å². The van der Waals surface area contributed by atoms with Gasteiger partial charge in [0.25, 0.3) is 0 Å². The average Bonchev–Trinajstić information content (AvgIpc) is 2.79. The Morgan fingerprint density at radius 1 is 1.17 bits per heavy atom. The van der Waals surface area contributed by atoms with E-state index in [1.807, 2.05) is 6.07 Å². The number of phenolic OH excluding ortho intramolecular Hbond substituents is 1. The molecule has 4 nitrogen and oxygen atoms in total. The smallest absolute Gasteiger partial charge is 0.115 e. The van der Waals surface area contributed by atoms with Crippen molar-refractivity contribution in [3.05, 3.63) is 29.3 Å². The molecule has 0 amide bonds. The molecule has 0 aromatic heterocycles. The Kier molecular flexibility index (Phi) is 4.92. The van der Waals surface area contributed by atoms with Crippen molar-refractivity contribution in [1.82, 2.24) is 0 Å². The largest absolute Gasteiger partial charge is 0.508 e. The van der Waals surface area contributed by atoms with Crippen molar-refractivity contribution in [2.24, 2.45) is 17.3 Å². The fourth-order valence-corrected chi connectivity index (χ4v) is 5.56. The summed E-state index contributed by atoms with van der Waals surface area (Å²) in [5.41, 5.74) is 2.57. The molecule has 2 saturated carbocycles. The van der Waals surface area contributed by atoms with Crippen molar-refractivity contribution in [2.45, 2.75) is 57.2 Å². The van der Waals surface area contributed by atoms with E-state index < -0.39 is 12.2 Å². The van der Waals surface area contributed by atoms with Gasteiger partial charge in [-0.15, -0.1) is 0 Å². The number of aromatic hydroxyl groups is 1. The lowest BCUT2D eigenvalue weighted by Crippen LogP contribution is -2.44. The topological polar surface area (TPSA) is 69.9 Å². The van der Waals surface area contributed by atoms with Crippen molar-refractivity contribution < 1.29 is 20.1 Å². The van der Waals surface area contributed by atoms with Gasteiger partial charge >= 0.3 is 0 Å². The molecule has 2 fully saturated rings. The van der Waals surface area contributed by atoms with Crippen LogP contribution in [0.3, 0.4) is 0 Å². The number of fused-ring (bicyclic) bond motifs is 5. The number of hydrogen-bond donors (Lipinski definition) is 3. The SMILES string of the molecule is COC.C[C@]12CC[C@@H]3c4ccc(O)cc4CC[C@H]3[C@@H]1C[C@@H](O)[C@@H]2O. The highest BCUT2D eigenvalue weighted by atomic mass is 16.4. The number of ether oxygens (including phenoxy) is 1. The first-order valence-corrected chi connectivity index (χ1v) is 9.00. The lowest BCUT2D eigenvalue weighted by molar-refractivity contribution is -0.0505. The second-order valence-corrected chi connectivity index (χ2v) is 8.00. The molecule has 0 spiro atoms. The van der Waals surface area contributed by atoms with Crippen LogP contribution in [0.25, 0.3) is 0 Å². The van der Waals surface area contributed by atoms with Gasteiger partial charge in [-0.25, -0.2) is 0 Å². The van der Waals surface area contributed by atoms with Gasteiger partial charge in [-0.1, -0.05) is 13.0 Å². The fraction of sp³-hybridized carbons (Fsp3) is 0.700. The summed E-state index contributed by atoms with van der Waals surface area (Å²) in [5.74, 6) is 1.88. The first kappa shape index (κ1) is 17.7. The molecular weight excluding hydrogens is 304 g/mol. The third-order valence-corrected chi connectivity index (χ3v) is 6.68. The maximum Gasteiger partial charge on any atom is 0.115 e. The van der Waals surface area contributed by atoms with Crippen LogP contribution in [0, 0.1) is 17.3 Å². The Morgan fingerprint density at radius 3 is 2.58 bits per heavy atom. The lowest BCUT2D eigenvalue weighted by atomic mass is 9.55. The molecule has 24 heavy (non-hydrogen) atoms. The molecule has 0 aliphatic heterocycles. The number of aliphatic hydroxyl groups is 2. The summed E-state index contributed by atoms with van der Waals surface area (Å²) < 4.78 is 4.25. The van der Waals surface area contributed by atoms with E-state index in [0.29, 0.717) is 23.5 Å². The van der Waals surface area contributed by atoms with Crippen molar-refractivity contribution in [3.63, 3.8) is 0 Å². The highest BCUT2D eigenvalue weighted by Gasteiger charge is 2.57. The van der Waals surface area contributed by atoms with Crippen molar-refractivity contribution in [2.75, 3.05) is 14.2 Å². The zero-order chi connectivity index (χ0) is 17.5. The molecule has 4 rings (SSSR count). The van der Waals surface area contributed by atoms with E-state index in [-0.39, 0.29) is 5.41 Å². The van der Waals surface area contributed by atoms with Gasteiger partial charge in [0.05, 0.1) is 12.2 Å². The van der Waals surface area contributed by atoms with Crippen LogP contribution in [0.2, 0.25) is 0 Å². The monoisotopic (exact) mass is 334 g/mol. The van der Waals surface area contributed by atoms with E-state index in [9.17, 15) is 15.3 Å². The Balaban J connectivity index is 0.000000526. The molecule has 6 atom stereocenters. The van der Waals surface area contributed by atoms with Crippen molar-refractivity contribution >= 4 is 0 Å². The van der Waals surface area contributed by atoms with Crippen LogP contribution < -0.4 is 0 Å². The molecule has 3 aliphatic rings. The summed E-state index contributed by atoms with van der Waals surface area (Å²) in [4.78, 5) is 0. The highest BCUT2D eigenvalue weighted by molar-refractivity contribution is 5.40. The van der Waals surface area contributed by atoms with E-state index >= 15 is 0 Å². The summed E-state index contributed by atoms with van der Waals surface area (Å²) in [6.45, 7) is 2.17. The molecule has 0 unspecified atom stereocenters. The van der Waals surface area contributed by atoms with Crippen LogP contribution in [-0.4, -0.2) is 41.7 Å². The number of benzene rings is 1. The minimum atomic E-state index is -0.565. The Bertz CT molecular complexity index is 587. The molecule has 1 aromatic carbocycles. The van der Waals surface area contributed by atoms with Gasteiger partial charge in [-0.2, -0.15) is 0 Å². The summed E-state index contributed by atoms with van der Waals surface area (Å²) in [6.07, 6.45) is 3.80. The molecule has 134 valence electrons. The van der Waals surface area contributed by atoms with Gasteiger partial charge in [0.15, 0.2) is 0 Å². The van der Waals surface area contributed by atoms with E-state index in [1.54, 1.807) is 20.3 Å². The third-order valence-electron chi connectivity index (χ3n) is 6.68. The van der Waals surface area contributed by atoms with E-state index in [2.05, 4.69) is 17.7 Å². The number of rotatable bonds is 0. The van der Waals surface area contributed by atoms with Crippen molar-refractivity contribution in [1.29, 1.82) is 0 Å². The lowest BCUT2D eigenvalue weighted by Gasteiger charge is -2.49. The van der Waals surface area contributed by atoms with Gasteiger partial charge in [-0.05, 0) is 78.5 Å². The van der Waals surface area contributed by atoms with E-state index in [1.165, 1.54) is 11.1 Å². The Morgan fingerprint density at radius 2 is 1.88 bits per heavy atom. The molecule has 3 N–H and O–H groups in total. The van der Waals surface area contributed by atoms with Gasteiger partial charge < -0.3 is 20.1 Å². The van der Waals surface area contributed by atoms with Gasteiger partial charge in [0.2, 0.25) is 0 Å². The second-order valence-electron chi connectivity index (χ2n) is 8.00. The minimum absolute atomic E-state index is 0.116. The maximum atomic E-state index is 10.4. The predicted molar refractivity (Wildman–Crippen MR) is 93.1 cm³/mol. The van der Waals surface area contributed by atoms with Crippen LogP contribution in [0.4, 0.5) is 0 Å². The maximum absolute atomic E-state index is 10.4. The molecule has 0 saturated heterocycles. The van der Waals surface area contributed by atoms with Crippen LogP contribution in [0.15, 0.2) is 18.2 Å². The quantitative estimate of drug-likeness (QED) is 0.682. The zero-order valence-electron chi connectivity index (χ0n) is 14.9. The molecule has 0 heterocycles. The normalized spacial score (nSPS) is 40.0. The Hall–Kier alpha value is -1.10. The average molecular weight is 334 g/mol. The summed E-state index contributed by atoms with van der Waals surface area (Å²) in [7, 11) is 3.25. The molecule has 1 aromatic rings. The van der Waals surface area contributed by atoms with Gasteiger partial charge in [0.1, 0.15) is 5.75 Å². The Labute approximate surface area is 144 Å². The summed E-state index contributed by atoms with van der Waals surface area (Å²) >= 11 is 0. The first-order chi connectivity index (χ1) is 11.4. The van der Waals surface area contributed by atoms with Crippen LogP contribution in [-0.2, 0) is 11.2 Å². The van der Waals surface area contributed by atoms with Crippen LogP contribution in [0.5, 0.6) is 5.75 Å². The molecule has 0 bridgehead atoms. The zero-order valence-corrected chi connectivity index (χ0v) is 14.9. The van der Waals surface area contributed by atoms with E-state index in [0.717, 1.165) is 32.1 Å². The standard InChI is InChI=1S/C18H24O3.C2H6O/c1-18-7-6-13-12-5-3-11(19)8-10(12)2-4-14(13)15(18)9-16(20)17(18)21;1-3-2/h3,5,8,13-17,19-21H,2,4,6-7,9H2,1H3;1-2H3/t13-,14-,15+,16-,17+,18+;/m1./s1. The molecule has 3 aliphatic carbocycles. The molecule has 4 heteroatoms. The second kappa shape index (κ2) is 6.66. The minimum Gasteiger partial charge on any atom is -0.508 e. The number of aryl methyl sites for hydroxylation is 1. The number of hydrogen-bond acceptors (Lipinski definition) is 4. The van der Waals surface area contributed by atoms with Crippen molar-refractivity contribution in [3.8, 4) is 5.75 Å². The van der Waals surface area contributed by atoms with E-state index in [4.69, 9.17) is 0 Å². The number of methoxy groups -OCH3 is 1. The van der Waals surface area contributed by atoms with Crippen LogP contribution in [0.1, 0.15) is 49.7 Å². The third kappa shape index (κ3) is 2.75. The molecule has 0 radical (unpaired) electrons. The van der Waals surface area contributed by atoms with Gasteiger partial charge in [0, 0.05) is 14.2 Å². The predicted octanol–water partition coefficient (Wildman–Crippen LogP) is 2.84. The molecular formula is C20H30O4. The highest BCUT2D eigenvalue weighted by Crippen LogP contribution is 2.60. The number of aliphatic hydroxyl groups excluding tert-OH is 2. The summed E-state index contributed by atoms with van der Waals surface area (Å²) in [6, 6.07) is 5.80. The summed E-state index contributed by atoms with van der Waals surface area (Å²) in [5, 5.41) is 30.2. The number of phenols is 1. The fourth-order valence-electron chi connectivity index (χ4n) is 5.56.